The Kier molecular flexibility index (Phi) is 6.94. The number of amides is 1. The molecule has 0 fully saturated rings. The van der Waals surface area contributed by atoms with E-state index in [1.807, 2.05) is 30.3 Å². The number of aromatic amines is 1. The second-order valence-corrected chi connectivity index (χ2v) is 9.81. The van der Waals surface area contributed by atoms with Gasteiger partial charge in [0.15, 0.2) is 5.76 Å². The largest absolute Gasteiger partial charge is 0.459 e. The summed E-state index contributed by atoms with van der Waals surface area (Å²) in [6.45, 7) is 0.852. The van der Waals surface area contributed by atoms with Gasteiger partial charge in [-0.3, -0.25) is 4.79 Å². The molecule has 7 nitrogen and oxygen atoms in total. The minimum Gasteiger partial charge on any atom is -0.459 e. The number of fused-ring (bicyclic) bond motifs is 4. The zero-order chi connectivity index (χ0) is 25.9. The van der Waals surface area contributed by atoms with Crippen molar-refractivity contribution >= 4 is 16.9 Å². The number of aliphatic hydroxyl groups excluding tert-OH is 1. The first-order valence-corrected chi connectivity index (χ1v) is 13.2. The second-order valence-electron chi connectivity index (χ2n) is 9.81. The molecule has 1 aliphatic carbocycles. The number of allylic oxidation sites excluding steroid dienone is 1. The average Bonchev–Trinajstić information content (AvgIpc) is 3.55. The standard InChI is InChI=1S/C31H31N3O4/c35-14-5-6-15-37-30-18-21(23-10-7-11-24-22-9-2-1-8-20(22)16-25(23)24)17-28(38-30)31(36)32-19-29-33-26-12-3-4-13-27(26)34-29/h1-4,7-13,17,21,30,35H,5-6,14-16,18-19H2,(H,32,36)(H,33,34)/t21-,30+/m1/s1. The third-order valence-electron chi connectivity index (χ3n) is 7.28. The molecule has 2 heterocycles. The highest BCUT2D eigenvalue weighted by molar-refractivity contribution is 5.91. The van der Waals surface area contributed by atoms with Crippen LogP contribution in [-0.4, -0.2) is 40.5 Å². The van der Waals surface area contributed by atoms with Gasteiger partial charge in [0.05, 0.1) is 24.2 Å². The number of nitrogens with one attached hydrogen (secondary N) is 2. The van der Waals surface area contributed by atoms with Crippen LogP contribution in [0.3, 0.4) is 0 Å². The van der Waals surface area contributed by atoms with Crippen LogP contribution in [0.15, 0.2) is 78.6 Å². The zero-order valence-electron chi connectivity index (χ0n) is 21.2. The first kappa shape index (κ1) is 24.4. The quantitative estimate of drug-likeness (QED) is 0.244. The lowest BCUT2D eigenvalue weighted by Gasteiger charge is -2.30. The zero-order valence-corrected chi connectivity index (χ0v) is 21.2. The fraction of sp³-hybridized carbons (Fsp3) is 0.290. The third-order valence-corrected chi connectivity index (χ3v) is 7.28. The number of aliphatic hydroxyl groups is 1. The highest BCUT2D eigenvalue weighted by Gasteiger charge is 2.32. The normalized spacial score (nSPS) is 18.0. The molecule has 6 rings (SSSR count). The molecule has 3 N–H and O–H groups in total. The molecule has 0 bridgehead atoms. The number of rotatable bonds is 9. The average molecular weight is 510 g/mol. The van der Waals surface area contributed by atoms with Crippen LogP contribution >= 0.6 is 0 Å². The lowest BCUT2D eigenvalue weighted by molar-refractivity contribution is -0.146. The number of H-pyrrole nitrogens is 1. The van der Waals surface area contributed by atoms with Crippen molar-refractivity contribution < 1.29 is 19.4 Å². The van der Waals surface area contributed by atoms with Crippen LogP contribution in [0.25, 0.3) is 22.2 Å². The van der Waals surface area contributed by atoms with E-state index in [1.165, 1.54) is 27.8 Å². The smallest absolute Gasteiger partial charge is 0.286 e. The van der Waals surface area contributed by atoms with Gasteiger partial charge >= 0.3 is 0 Å². The van der Waals surface area contributed by atoms with E-state index in [0.29, 0.717) is 25.3 Å². The second kappa shape index (κ2) is 10.8. The van der Waals surface area contributed by atoms with Crippen molar-refractivity contribution in [1.29, 1.82) is 0 Å². The van der Waals surface area contributed by atoms with E-state index in [0.717, 1.165) is 23.9 Å². The van der Waals surface area contributed by atoms with E-state index >= 15 is 0 Å². The van der Waals surface area contributed by atoms with Crippen molar-refractivity contribution in [1.82, 2.24) is 15.3 Å². The summed E-state index contributed by atoms with van der Waals surface area (Å²) in [7, 11) is 0. The molecular weight excluding hydrogens is 478 g/mol. The number of ether oxygens (including phenoxy) is 2. The summed E-state index contributed by atoms with van der Waals surface area (Å²) >= 11 is 0. The summed E-state index contributed by atoms with van der Waals surface area (Å²) in [5, 5.41) is 12.1. The Hall–Kier alpha value is -3.94. The maximum atomic E-state index is 13.3. The molecule has 194 valence electrons. The van der Waals surface area contributed by atoms with Gasteiger partial charge in [-0.1, -0.05) is 54.6 Å². The Morgan fingerprint density at radius 3 is 2.79 bits per heavy atom. The summed E-state index contributed by atoms with van der Waals surface area (Å²) in [6, 6.07) is 22.7. The molecule has 2 atom stereocenters. The highest BCUT2D eigenvalue weighted by Crippen LogP contribution is 2.42. The van der Waals surface area contributed by atoms with Crippen LogP contribution in [0.1, 0.15) is 47.7 Å². The minimum absolute atomic E-state index is 0.0252. The number of aromatic nitrogens is 2. The van der Waals surface area contributed by atoms with Gasteiger partial charge in [-0.2, -0.15) is 0 Å². The minimum atomic E-state index is -0.546. The molecule has 0 unspecified atom stereocenters. The Labute approximate surface area is 221 Å². The Morgan fingerprint density at radius 2 is 1.89 bits per heavy atom. The predicted molar refractivity (Wildman–Crippen MR) is 145 cm³/mol. The first-order chi connectivity index (χ1) is 18.7. The van der Waals surface area contributed by atoms with Crippen LogP contribution in [-0.2, 0) is 27.2 Å². The Balaban J connectivity index is 1.24. The van der Waals surface area contributed by atoms with Crippen molar-refractivity contribution in [2.75, 3.05) is 13.2 Å². The molecule has 0 saturated carbocycles. The van der Waals surface area contributed by atoms with Gasteiger partial charge in [0, 0.05) is 18.9 Å². The SMILES string of the molecule is O=C(NCc1nc2ccccc2[nH]1)C1=C[C@@H](c2cccc3c2Cc2ccccc2-3)C[C@@H](OCCCCO)O1. The van der Waals surface area contributed by atoms with Gasteiger partial charge in [0.1, 0.15) is 5.82 Å². The molecule has 7 heteroatoms. The van der Waals surface area contributed by atoms with E-state index in [2.05, 4.69) is 57.7 Å². The number of carbonyl (C=O) groups is 1. The number of hydrogen-bond donors (Lipinski definition) is 3. The van der Waals surface area contributed by atoms with Gasteiger partial charge < -0.3 is 24.9 Å². The van der Waals surface area contributed by atoms with Gasteiger partial charge in [-0.25, -0.2) is 4.98 Å². The number of para-hydroxylation sites is 2. The number of benzene rings is 3. The molecule has 4 aromatic rings. The van der Waals surface area contributed by atoms with E-state index in [9.17, 15) is 4.79 Å². The monoisotopic (exact) mass is 509 g/mol. The fourth-order valence-electron chi connectivity index (χ4n) is 5.43. The summed E-state index contributed by atoms with van der Waals surface area (Å²) in [6.07, 6.45) is 4.28. The van der Waals surface area contributed by atoms with Crippen LogP contribution in [0.2, 0.25) is 0 Å². The van der Waals surface area contributed by atoms with Gasteiger partial charge in [-0.15, -0.1) is 0 Å². The highest BCUT2D eigenvalue weighted by atomic mass is 16.7. The van der Waals surface area contributed by atoms with Crippen LogP contribution < -0.4 is 5.32 Å². The maximum Gasteiger partial charge on any atom is 0.286 e. The number of imidazole rings is 1. The summed E-state index contributed by atoms with van der Waals surface area (Å²) in [4.78, 5) is 21.1. The fourth-order valence-corrected chi connectivity index (χ4v) is 5.43. The van der Waals surface area contributed by atoms with Crippen molar-refractivity contribution in [2.45, 2.75) is 44.4 Å². The Morgan fingerprint density at radius 1 is 1.05 bits per heavy atom. The summed E-state index contributed by atoms with van der Waals surface area (Å²) in [5.41, 5.74) is 8.16. The van der Waals surface area contributed by atoms with Crippen LogP contribution in [0, 0.1) is 0 Å². The van der Waals surface area contributed by atoms with Crippen LogP contribution in [0.5, 0.6) is 0 Å². The van der Waals surface area contributed by atoms with E-state index in [4.69, 9.17) is 14.6 Å². The van der Waals surface area contributed by atoms with Crippen molar-refractivity contribution in [3.8, 4) is 11.1 Å². The molecule has 2 aliphatic rings. The molecule has 3 aromatic carbocycles. The van der Waals surface area contributed by atoms with Crippen LogP contribution in [0.4, 0.5) is 0 Å². The van der Waals surface area contributed by atoms with E-state index in [-0.39, 0.29) is 30.7 Å². The van der Waals surface area contributed by atoms with Crippen molar-refractivity contribution in [2.24, 2.45) is 0 Å². The lowest BCUT2D eigenvalue weighted by Crippen LogP contribution is -2.33. The molecule has 1 aliphatic heterocycles. The lowest BCUT2D eigenvalue weighted by atomic mass is 9.87. The Bertz CT molecular complexity index is 1460. The molecule has 0 spiro atoms. The van der Waals surface area contributed by atoms with Gasteiger partial charge in [-0.05, 0) is 65.3 Å². The maximum absolute atomic E-state index is 13.3. The molecule has 1 aromatic heterocycles. The molecule has 0 radical (unpaired) electrons. The van der Waals surface area contributed by atoms with Gasteiger partial charge in [0.2, 0.25) is 6.29 Å². The number of hydrogen-bond acceptors (Lipinski definition) is 5. The van der Waals surface area contributed by atoms with E-state index in [1.54, 1.807) is 0 Å². The molecular formula is C31H31N3O4. The number of unbranched alkanes of at least 4 members (excludes halogenated alkanes) is 1. The van der Waals surface area contributed by atoms with E-state index < -0.39 is 6.29 Å². The van der Waals surface area contributed by atoms with Gasteiger partial charge in [0.25, 0.3) is 5.91 Å². The number of nitrogens with zero attached hydrogens (tertiary/aromatic N) is 1. The van der Waals surface area contributed by atoms with Crippen molar-refractivity contribution in [3.05, 3.63) is 101 Å². The number of carbonyl (C=O) groups excluding carboxylic acids is 1. The summed E-state index contributed by atoms with van der Waals surface area (Å²) < 4.78 is 12.1. The first-order valence-electron chi connectivity index (χ1n) is 13.2. The molecule has 38 heavy (non-hydrogen) atoms. The summed E-state index contributed by atoms with van der Waals surface area (Å²) in [5.74, 6) is 0.623. The molecule has 1 amide bonds. The third kappa shape index (κ3) is 4.95. The topological polar surface area (TPSA) is 96.5 Å². The molecule has 0 saturated heterocycles. The predicted octanol–water partition coefficient (Wildman–Crippen LogP) is 4.95. The van der Waals surface area contributed by atoms with Crippen molar-refractivity contribution in [3.63, 3.8) is 0 Å².